The number of rotatable bonds is 9. The third-order valence-corrected chi connectivity index (χ3v) is 4.14. The topological polar surface area (TPSA) is 118 Å². The van der Waals surface area contributed by atoms with Crippen molar-refractivity contribution in [3.8, 4) is 17.6 Å². The molecule has 2 N–H and O–H groups in total. The molecule has 1 aliphatic rings. The van der Waals surface area contributed by atoms with Gasteiger partial charge in [-0.2, -0.15) is 5.26 Å². The lowest BCUT2D eigenvalue weighted by atomic mass is 10.1. The zero-order valence-corrected chi connectivity index (χ0v) is 16.1. The van der Waals surface area contributed by atoms with Crippen LogP contribution in [0.25, 0.3) is 6.08 Å². The molecule has 1 aromatic rings. The molecule has 9 heteroatoms. The second kappa shape index (κ2) is 10.5. The SMILES string of the molecule is CCOc1cc(/C=C(\C#N)C(=O)NCC2CCCO2)cc(Cl)c1OCC(=O)O. The molecule has 1 unspecified atom stereocenters. The van der Waals surface area contributed by atoms with E-state index in [0.29, 0.717) is 25.3 Å². The second-order valence-electron chi connectivity index (χ2n) is 5.96. The minimum absolute atomic E-state index is 0.0337. The monoisotopic (exact) mass is 408 g/mol. The lowest BCUT2D eigenvalue weighted by Crippen LogP contribution is -2.32. The van der Waals surface area contributed by atoms with Crippen LogP contribution in [-0.2, 0) is 14.3 Å². The fourth-order valence-electron chi connectivity index (χ4n) is 2.63. The minimum atomic E-state index is -1.16. The van der Waals surface area contributed by atoms with E-state index < -0.39 is 18.5 Å². The molecule has 0 spiro atoms. The molecule has 1 atom stereocenters. The van der Waals surface area contributed by atoms with Crippen molar-refractivity contribution in [3.05, 3.63) is 28.3 Å². The van der Waals surface area contributed by atoms with E-state index in [9.17, 15) is 14.9 Å². The average Bonchev–Trinajstić information content (AvgIpc) is 3.17. The fourth-order valence-corrected chi connectivity index (χ4v) is 2.90. The smallest absolute Gasteiger partial charge is 0.341 e. The number of hydrogen-bond acceptors (Lipinski definition) is 6. The van der Waals surface area contributed by atoms with Crippen LogP contribution in [-0.4, -0.2) is 49.5 Å². The molecule has 28 heavy (non-hydrogen) atoms. The molecule has 1 saturated heterocycles. The van der Waals surface area contributed by atoms with E-state index in [4.69, 9.17) is 30.9 Å². The lowest BCUT2D eigenvalue weighted by Gasteiger charge is -2.13. The van der Waals surface area contributed by atoms with Gasteiger partial charge in [-0.25, -0.2) is 4.79 Å². The Morgan fingerprint density at radius 1 is 1.46 bits per heavy atom. The summed E-state index contributed by atoms with van der Waals surface area (Å²) in [6.07, 6.45) is 3.17. The van der Waals surface area contributed by atoms with Crippen LogP contribution in [0.5, 0.6) is 11.5 Å². The Kier molecular flexibility index (Phi) is 8.11. The molecule has 1 amide bonds. The molecule has 0 aromatic heterocycles. The van der Waals surface area contributed by atoms with Crippen LogP contribution in [0.3, 0.4) is 0 Å². The first-order valence-electron chi connectivity index (χ1n) is 8.77. The van der Waals surface area contributed by atoms with Crippen LogP contribution < -0.4 is 14.8 Å². The summed E-state index contributed by atoms with van der Waals surface area (Å²) >= 11 is 6.18. The van der Waals surface area contributed by atoms with Gasteiger partial charge >= 0.3 is 5.97 Å². The molecular formula is C19H21ClN2O6. The first kappa shape index (κ1) is 21.5. The number of carboxylic acid groups (broad SMARTS) is 1. The Labute approximate surface area is 167 Å². The van der Waals surface area contributed by atoms with E-state index in [1.807, 2.05) is 6.07 Å². The summed E-state index contributed by atoms with van der Waals surface area (Å²) in [5.41, 5.74) is 0.343. The zero-order chi connectivity index (χ0) is 20.5. The zero-order valence-electron chi connectivity index (χ0n) is 15.4. The van der Waals surface area contributed by atoms with Crippen molar-refractivity contribution in [1.82, 2.24) is 5.32 Å². The summed E-state index contributed by atoms with van der Waals surface area (Å²) in [6.45, 7) is 2.47. The van der Waals surface area contributed by atoms with Crippen molar-refractivity contribution in [3.63, 3.8) is 0 Å². The highest BCUT2D eigenvalue weighted by molar-refractivity contribution is 6.32. The van der Waals surface area contributed by atoms with Crippen LogP contribution in [0.15, 0.2) is 17.7 Å². The standard InChI is InChI=1S/C19H21ClN2O6/c1-2-26-16-8-12(7-15(20)18(16)28-11-17(23)24)6-13(9-21)19(25)22-10-14-4-3-5-27-14/h6-8,14H,2-5,10-11H2,1H3,(H,22,25)(H,23,24)/b13-6+. The summed E-state index contributed by atoms with van der Waals surface area (Å²) in [5.74, 6) is -1.36. The molecule has 0 bridgehead atoms. The highest BCUT2D eigenvalue weighted by atomic mass is 35.5. The van der Waals surface area contributed by atoms with E-state index in [1.54, 1.807) is 6.92 Å². The van der Waals surface area contributed by atoms with Crippen LogP contribution in [0.4, 0.5) is 0 Å². The number of benzene rings is 1. The fraction of sp³-hybridized carbons (Fsp3) is 0.421. The molecule has 1 fully saturated rings. The van der Waals surface area contributed by atoms with Gasteiger partial charge in [0, 0.05) is 13.2 Å². The minimum Gasteiger partial charge on any atom is -0.490 e. The summed E-state index contributed by atoms with van der Waals surface area (Å²) in [7, 11) is 0. The maximum absolute atomic E-state index is 12.3. The number of hydrogen-bond donors (Lipinski definition) is 2. The summed E-state index contributed by atoms with van der Waals surface area (Å²) in [6, 6.07) is 4.86. The maximum Gasteiger partial charge on any atom is 0.341 e. The number of nitrogens with zero attached hydrogens (tertiary/aromatic N) is 1. The summed E-state index contributed by atoms with van der Waals surface area (Å²) < 4.78 is 16.1. The number of carbonyl (C=O) groups is 2. The van der Waals surface area contributed by atoms with Gasteiger partial charge in [-0.3, -0.25) is 4.79 Å². The number of carbonyl (C=O) groups excluding carboxylic acids is 1. The summed E-state index contributed by atoms with van der Waals surface area (Å²) in [5, 5.41) is 20.9. The van der Waals surface area contributed by atoms with E-state index >= 15 is 0 Å². The number of ether oxygens (including phenoxy) is 3. The van der Waals surface area contributed by atoms with E-state index in [2.05, 4.69) is 5.32 Å². The number of halogens is 1. The Balaban J connectivity index is 2.19. The normalized spacial score (nSPS) is 16.3. The van der Waals surface area contributed by atoms with Crippen molar-refractivity contribution in [2.24, 2.45) is 0 Å². The van der Waals surface area contributed by atoms with Crippen LogP contribution in [0.1, 0.15) is 25.3 Å². The Bertz CT molecular complexity index is 796. The van der Waals surface area contributed by atoms with Crippen molar-refractivity contribution in [2.75, 3.05) is 26.4 Å². The van der Waals surface area contributed by atoms with Gasteiger partial charge in [0.1, 0.15) is 11.6 Å². The second-order valence-corrected chi connectivity index (χ2v) is 6.37. The average molecular weight is 409 g/mol. The van der Waals surface area contributed by atoms with Gasteiger partial charge in [0.15, 0.2) is 18.1 Å². The molecule has 1 aliphatic heterocycles. The van der Waals surface area contributed by atoms with Crippen LogP contribution >= 0.6 is 11.6 Å². The quantitative estimate of drug-likeness (QED) is 0.475. The number of aliphatic carboxylic acids is 1. The Hall–Kier alpha value is -2.76. The van der Waals surface area contributed by atoms with Gasteiger partial charge in [-0.05, 0) is 43.5 Å². The predicted octanol–water partition coefficient (Wildman–Crippen LogP) is 2.40. The van der Waals surface area contributed by atoms with E-state index in [0.717, 1.165) is 12.8 Å². The number of amides is 1. The van der Waals surface area contributed by atoms with Crippen LogP contribution in [0.2, 0.25) is 5.02 Å². The molecule has 150 valence electrons. The first-order chi connectivity index (χ1) is 13.4. The van der Waals surface area contributed by atoms with Crippen molar-refractivity contribution < 1.29 is 28.9 Å². The molecule has 0 radical (unpaired) electrons. The molecule has 0 aliphatic carbocycles. The van der Waals surface area contributed by atoms with Crippen molar-refractivity contribution >= 4 is 29.6 Å². The largest absolute Gasteiger partial charge is 0.490 e. The van der Waals surface area contributed by atoms with Gasteiger partial charge in [0.05, 0.1) is 17.7 Å². The number of nitrogens with one attached hydrogen (secondary N) is 1. The molecule has 1 heterocycles. The van der Waals surface area contributed by atoms with Crippen LogP contribution in [0, 0.1) is 11.3 Å². The molecule has 1 aromatic carbocycles. The number of nitriles is 1. The van der Waals surface area contributed by atoms with E-state index in [-0.39, 0.29) is 28.2 Å². The van der Waals surface area contributed by atoms with Gasteiger partial charge < -0.3 is 24.6 Å². The third-order valence-electron chi connectivity index (χ3n) is 3.86. The van der Waals surface area contributed by atoms with Crippen molar-refractivity contribution in [2.45, 2.75) is 25.9 Å². The molecule has 8 nitrogen and oxygen atoms in total. The Morgan fingerprint density at radius 2 is 2.25 bits per heavy atom. The molecular weight excluding hydrogens is 388 g/mol. The third kappa shape index (κ3) is 6.15. The number of carboxylic acids is 1. The molecule has 2 rings (SSSR count). The maximum atomic E-state index is 12.3. The Morgan fingerprint density at radius 3 is 2.86 bits per heavy atom. The van der Waals surface area contributed by atoms with Crippen molar-refractivity contribution in [1.29, 1.82) is 5.26 Å². The molecule has 0 saturated carbocycles. The first-order valence-corrected chi connectivity index (χ1v) is 9.15. The predicted molar refractivity (Wildman–Crippen MR) is 101 cm³/mol. The summed E-state index contributed by atoms with van der Waals surface area (Å²) in [4.78, 5) is 23.0. The van der Waals surface area contributed by atoms with Gasteiger partial charge in [-0.15, -0.1) is 0 Å². The van der Waals surface area contributed by atoms with Gasteiger partial charge in [-0.1, -0.05) is 11.6 Å². The lowest BCUT2D eigenvalue weighted by molar-refractivity contribution is -0.139. The highest BCUT2D eigenvalue weighted by Gasteiger charge is 2.18. The van der Waals surface area contributed by atoms with Gasteiger partial charge in [0.2, 0.25) is 0 Å². The van der Waals surface area contributed by atoms with E-state index in [1.165, 1.54) is 18.2 Å². The van der Waals surface area contributed by atoms with Gasteiger partial charge in [0.25, 0.3) is 5.91 Å². The highest BCUT2D eigenvalue weighted by Crippen LogP contribution is 2.37.